The van der Waals surface area contributed by atoms with Crippen LogP contribution >= 0.6 is 0 Å². The van der Waals surface area contributed by atoms with Crippen molar-refractivity contribution < 1.29 is 9.59 Å². The zero-order valence-corrected chi connectivity index (χ0v) is 8.80. The van der Waals surface area contributed by atoms with Crippen LogP contribution in [0.4, 0.5) is 11.5 Å². The Balaban J connectivity index is 2.37. The number of nitrogens with two attached hydrogens (primary N) is 1. The molecular weight excluding hydrogens is 222 g/mol. The lowest BCUT2D eigenvalue weighted by molar-refractivity contribution is -0.130. The van der Waals surface area contributed by atoms with Gasteiger partial charge in [-0.25, -0.2) is 4.98 Å². The van der Waals surface area contributed by atoms with Crippen molar-refractivity contribution >= 4 is 23.3 Å². The highest BCUT2D eigenvalue weighted by Crippen LogP contribution is 2.23. The molecule has 86 valence electrons. The SMILES string of the molecule is N#Cc1ccnc(N2CC(=O)NC(=O)C2)c1N. The second-order valence-corrected chi connectivity index (χ2v) is 3.54. The van der Waals surface area contributed by atoms with Crippen LogP contribution in [0.2, 0.25) is 0 Å². The Kier molecular flexibility index (Phi) is 2.62. The first-order valence-electron chi connectivity index (χ1n) is 4.84. The van der Waals surface area contributed by atoms with E-state index < -0.39 is 11.8 Å². The van der Waals surface area contributed by atoms with Crippen LogP contribution in [0.25, 0.3) is 0 Å². The molecule has 1 saturated heterocycles. The number of pyridine rings is 1. The van der Waals surface area contributed by atoms with Gasteiger partial charge in [-0.05, 0) is 6.07 Å². The summed E-state index contributed by atoms with van der Waals surface area (Å²) in [5, 5.41) is 11.0. The third-order valence-electron chi connectivity index (χ3n) is 2.34. The van der Waals surface area contributed by atoms with Gasteiger partial charge in [-0.3, -0.25) is 14.9 Å². The van der Waals surface area contributed by atoms with Crippen molar-refractivity contribution in [3.63, 3.8) is 0 Å². The molecule has 0 aliphatic carbocycles. The Morgan fingerprint density at radius 1 is 1.41 bits per heavy atom. The maximum Gasteiger partial charge on any atom is 0.246 e. The van der Waals surface area contributed by atoms with E-state index in [0.29, 0.717) is 0 Å². The van der Waals surface area contributed by atoms with Gasteiger partial charge >= 0.3 is 0 Å². The summed E-state index contributed by atoms with van der Waals surface area (Å²) in [6, 6.07) is 3.40. The van der Waals surface area contributed by atoms with Gasteiger partial charge in [0.1, 0.15) is 6.07 Å². The number of carbonyl (C=O) groups excluding carboxylic acids is 2. The lowest BCUT2D eigenvalue weighted by Crippen LogP contribution is -2.52. The first-order chi connectivity index (χ1) is 8.11. The molecule has 1 aromatic rings. The number of nitriles is 1. The van der Waals surface area contributed by atoms with Gasteiger partial charge in [0.05, 0.1) is 24.3 Å². The fourth-order valence-electron chi connectivity index (χ4n) is 1.60. The number of anilines is 2. The van der Waals surface area contributed by atoms with Crippen LogP contribution in [0.5, 0.6) is 0 Å². The molecular formula is C10H9N5O2. The quantitative estimate of drug-likeness (QED) is 0.599. The Labute approximate surface area is 96.8 Å². The molecule has 7 heteroatoms. The monoisotopic (exact) mass is 231 g/mol. The predicted molar refractivity (Wildman–Crippen MR) is 58.7 cm³/mol. The lowest BCUT2D eigenvalue weighted by atomic mass is 10.2. The molecule has 0 saturated carbocycles. The lowest BCUT2D eigenvalue weighted by Gasteiger charge is -2.27. The molecule has 0 spiro atoms. The van der Waals surface area contributed by atoms with Crippen molar-refractivity contribution in [1.82, 2.24) is 10.3 Å². The summed E-state index contributed by atoms with van der Waals surface area (Å²) in [5.41, 5.74) is 6.20. The number of imide groups is 1. The fraction of sp³-hybridized carbons (Fsp3) is 0.200. The van der Waals surface area contributed by atoms with E-state index in [9.17, 15) is 9.59 Å². The fourth-order valence-corrected chi connectivity index (χ4v) is 1.60. The Morgan fingerprint density at radius 2 is 2.06 bits per heavy atom. The number of aromatic nitrogens is 1. The highest BCUT2D eigenvalue weighted by atomic mass is 16.2. The van der Waals surface area contributed by atoms with Gasteiger partial charge in [0, 0.05) is 6.20 Å². The van der Waals surface area contributed by atoms with E-state index in [1.807, 2.05) is 6.07 Å². The summed E-state index contributed by atoms with van der Waals surface area (Å²) < 4.78 is 0. The number of piperazine rings is 1. The van der Waals surface area contributed by atoms with Crippen LogP contribution in [0.1, 0.15) is 5.56 Å². The summed E-state index contributed by atoms with van der Waals surface area (Å²) in [4.78, 5) is 27.9. The Morgan fingerprint density at radius 3 is 2.65 bits per heavy atom. The van der Waals surface area contributed by atoms with Crippen molar-refractivity contribution in [1.29, 1.82) is 5.26 Å². The zero-order chi connectivity index (χ0) is 12.4. The van der Waals surface area contributed by atoms with Crippen molar-refractivity contribution in [2.75, 3.05) is 23.7 Å². The maximum absolute atomic E-state index is 11.2. The summed E-state index contributed by atoms with van der Waals surface area (Å²) in [5.74, 6) is -0.540. The highest BCUT2D eigenvalue weighted by molar-refractivity contribution is 6.03. The van der Waals surface area contributed by atoms with Gasteiger partial charge in [-0.15, -0.1) is 0 Å². The molecule has 0 unspecified atom stereocenters. The summed E-state index contributed by atoms with van der Waals surface area (Å²) in [6.07, 6.45) is 1.42. The molecule has 1 fully saturated rings. The summed E-state index contributed by atoms with van der Waals surface area (Å²) in [6.45, 7) is -0.00432. The third-order valence-corrected chi connectivity index (χ3v) is 2.34. The first kappa shape index (κ1) is 10.9. The van der Waals surface area contributed by atoms with Gasteiger partial charge in [-0.1, -0.05) is 0 Å². The number of rotatable bonds is 1. The smallest absolute Gasteiger partial charge is 0.246 e. The van der Waals surface area contributed by atoms with Crippen LogP contribution in [0.3, 0.4) is 0 Å². The molecule has 17 heavy (non-hydrogen) atoms. The average Bonchev–Trinajstić information content (AvgIpc) is 2.28. The van der Waals surface area contributed by atoms with E-state index in [2.05, 4.69) is 10.3 Å². The van der Waals surface area contributed by atoms with Crippen molar-refractivity contribution in [3.8, 4) is 6.07 Å². The number of amides is 2. The molecule has 0 atom stereocenters. The molecule has 7 nitrogen and oxygen atoms in total. The Bertz CT molecular complexity index is 518. The summed E-state index contributed by atoms with van der Waals surface area (Å²) >= 11 is 0. The molecule has 2 heterocycles. The second kappa shape index (κ2) is 4.09. The number of nitrogen functional groups attached to an aromatic ring is 1. The van der Waals surface area contributed by atoms with E-state index in [1.165, 1.54) is 17.2 Å². The number of nitrogens with zero attached hydrogens (tertiary/aromatic N) is 3. The van der Waals surface area contributed by atoms with Crippen LogP contribution in [-0.4, -0.2) is 29.9 Å². The molecule has 1 aliphatic heterocycles. The highest BCUT2D eigenvalue weighted by Gasteiger charge is 2.25. The normalized spacial score (nSPS) is 15.4. The Hall–Kier alpha value is -2.62. The number of hydrogen-bond donors (Lipinski definition) is 2. The molecule has 0 radical (unpaired) electrons. The van der Waals surface area contributed by atoms with Crippen molar-refractivity contribution in [3.05, 3.63) is 17.8 Å². The third kappa shape index (κ3) is 2.01. The van der Waals surface area contributed by atoms with E-state index in [4.69, 9.17) is 11.0 Å². The number of carbonyl (C=O) groups is 2. The van der Waals surface area contributed by atoms with Gasteiger partial charge in [0.2, 0.25) is 11.8 Å². The molecule has 1 aliphatic rings. The van der Waals surface area contributed by atoms with E-state index in [0.717, 1.165) is 0 Å². The summed E-state index contributed by atoms with van der Waals surface area (Å²) in [7, 11) is 0. The molecule has 0 aromatic carbocycles. The molecule has 2 amide bonds. The van der Waals surface area contributed by atoms with Crippen LogP contribution in [-0.2, 0) is 9.59 Å². The second-order valence-electron chi connectivity index (χ2n) is 3.54. The number of nitrogens with one attached hydrogen (secondary N) is 1. The minimum atomic E-state index is -0.412. The first-order valence-corrected chi connectivity index (χ1v) is 4.84. The van der Waals surface area contributed by atoms with Gasteiger partial charge in [0.25, 0.3) is 0 Å². The number of hydrogen-bond acceptors (Lipinski definition) is 6. The van der Waals surface area contributed by atoms with Crippen molar-refractivity contribution in [2.24, 2.45) is 0 Å². The maximum atomic E-state index is 11.2. The molecule has 0 bridgehead atoms. The van der Waals surface area contributed by atoms with Crippen molar-refractivity contribution in [2.45, 2.75) is 0 Å². The standard InChI is InChI=1S/C10H9N5O2/c11-3-6-1-2-13-10(9(6)12)15-4-7(16)14-8(17)5-15/h1-2H,4-5,12H2,(H,14,16,17). The van der Waals surface area contributed by atoms with E-state index in [1.54, 1.807) is 0 Å². The predicted octanol–water partition coefficient (Wildman–Crippen LogP) is -1.00. The minimum absolute atomic E-state index is 0.00216. The van der Waals surface area contributed by atoms with Gasteiger partial charge in [-0.2, -0.15) is 5.26 Å². The topological polar surface area (TPSA) is 112 Å². The largest absolute Gasteiger partial charge is 0.395 e. The average molecular weight is 231 g/mol. The minimum Gasteiger partial charge on any atom is -0.395 e. The van der Waals surface area contributed by atoms with Crippen LogP contribution in [0.15, 0.2) is 12.3 Å². The van der Waals surface area contributed by atoms with E-state index >= 15 is 0 Å². The van der Waals surface area contributed by atoms with Crippen LogP contribution < -0.4 is 16.0 Å². The zero-order valence-electron chi connectivity index (χ0n) is 8.80. The van der Waals surface area contributed by atoms with Gasteiger partial charge < -0.3 is 10.6 Å². The van der Waals surface area contributed by atoms with E-state index in [-0.39, 0.29) is 30.2 Å². The molecule has 1 aromatic heterocycles. The molecule has 2 rings (SSSR count). The van der Waals surface area contributed by atoms with Crippen LogP contribution in [0, 0.1) is 11.3 Å². The van der Waals surface area contributed by atoms with Gasteiger partial charge in [0.15, 0.2) is 5.82 Å². The molecule has 3 N–H and O–H groups in total.